The first-order chi connectivity index (χ1) is 21.8. The topological polar surface area (TPSA) is 126 Å². The molecule has 226 valence electrons. The van der Waals surface area contributed by atoms with Crippen molar-refractivity contribution in [1.82, 2.24) is 4.57 Å². The van der Waals surface area contributed by atoms with Crippen molar-refractivity contribution in [3.8, 4) is 17.1 Å². The monoisotopic (exact) mass is 641 g/mol. The summed E-state index contributed by atoms with van der Waals surface area (Å²) in [7, 11) is 1.56. The second-order valence-electron chi connectivity index (χ2n) is 9.83. The van der Waals surface area contributed by atoms with Crippen LogP contribution in [0.2, 0.25) is 5.02 Å². The number of nitro groups is 1. The van der Waals surface area contributed by atoms with Crippen LogP contribution >= 0.6 is 22.9 Å². The average molecular weight is 642 g/mol. The summed E-state index contributed by atoms with van der Waals surface area (Å²) in [5, 5.41) is 11.9. The molecule has 1 aliphatic heterocycles. The molecule has 0 bridgehead atoms. The number of rotatable bonds is 8. The van der Waals surface area contributed by atoms with E-state index in [1.807, 2.05) is 30.3 Å². The third-order valence-corrected chi connectivity index (χ3v) is 8.35. The Bertz CT molecular complexity index is 2150. The van der Waals surface area contributed by atoms with E-state index in [9.17, 15) is 19.7 Å². The highest BCUT2D eigenvalue weighted by Crippen LogP contribution is 2.36. The zero-order valence-electron chi connectivity index (χ0n) is 23.9. The van der Waals surface area contributed by atoms with Gasteiger partial charge in [-0.3, -0.25) is 19.5 Å². The lowest BCUT2D eigenvalue weighted by Crippen LogP contribution is -2.40. The number of thiazole rings is 1. The van der Waals surface area contributed by atoms with Gasteiger partial charge in [-0.2, -0.15) is 0 Å². The van der Waals surface area contributed by atoms with Gasteiger partial charge in [0.15, 0.2) is 4.80 Å². The zero-order valence-corrected chi connectivity index (χ0v) is 25.5. The quantitative estimate of drug-likeness (QED) is 0.120. The predicted molar refractivity (Wildman–Crippen MR) is 170 cm³/mol. The van der Waals surface area contributed by atoms with Gasteiger partial charge in [0.1, 0.15) is 17.3 Å². The van der Waals surface area contributed by atoms with Crippen LogP contribution in [-0.2, 0) is 9.53 Å². The lowest BCUT2D eigenvalue weighted by molar-refractivity contribution is -0.384. The van der Waals surface area contributed by atoms with Crippen LogP contribution in [0.3, 0.4) is 0 Å². The summed E-state index contributed by atoms with van der Waals surface area (Å²) in [4.78, 5) is 44.0. The maximum Gasteiger partial charge on any atom is 0.338 e. The van der Waals surface area contributed by atoms with E-state index in [-0.39, 0.29) is 38.7 Å². The van der Waals surface area contributed by atoms with Crippen molar-refractivity contribution in [2.75, 3.05) is 13.7 Å². The predicted octanol–water partition coefficient (Wildman–Crippen LogP) is 5.77. The summed E-state index contributed by atoms with van der Waals surface area (Å²) in [6, 6.07) is 23.0. The molecule has 1 aliphatic rings. The first kappa shape index (κ1) is 29.8. The standard InChI is InChI=1S/C33H24ClN3O7S/c1-3-43-32(39)28-29(19-7-5-4-6-8-19)35-33-36(30(28)20-9-12-22(42-2)13-10-20)31(38)27(45-33)18-23-14-16-26(44-23)24-15-11-21(34)17-25(24)37(40)41/h4-18,30H,3H2,1-2H3/b27-18-/t30-/m0/s1. The number of carbonyl (C=O) groups is 1. The van der Waals surface area contributed by atoms with Crippen molar-refractivity contribution in [1.29, 1.82) is 0 Å². The van der Waals surface area contributed by atoms with Gasteiger partial charge in [-0.05, 0) is 48.9 Å². The molecule has 0 unspecified atom stereocenters. The molecular formula is C33H24ClN3O7S. The Morgan fingerprint density at radius 1 is 1.11 bits per heavy atom. The number of ether oxygens (including phenoxy) is 2. The van der Waals surface area contributed by atoms with E-state index < -0.39 is 22.5 Å². The summed E-state index contributed by atoms with van der Waals surface area (Å²) in [6.07, 6.45) is 1.55. The number of halogens is 1. The summed E-state index contributed by atoms with van der Waals surface area (Å²) in [5.74, 6) is 0.568. The molecule has 5 aromatic rings. The van der Waals surface area contributed by atoms with Crippen molar-refractivity contribution >= 4 is 46.4 Å². The molecule has 0 radical (unpaired) electrons. The van der Waals surface area contributed by atoms with E-state index in [0.29, 0.717) is 33.1 Å². The van der Waals surface area contributed by atoms with Gasteiger partial charge in [0, 0.05) is 22.7 Å². The van der Waals surface area contributed by atoms with E-state index >= 15 is 0 Å². The van der Waals surface area contributed by atoms with Crippen LogP contribution in [0.25, 0.3) is 23.1 Å². The Kier molecular flexibility index (Phi) is 8.20. The molecule has 0 aliphatic carbocycles. The molecule has 0 saturated heterocycles. The number of aromatic nitrogens is 1. The van der Waals surface area contributed by atoms with Gasteiger partial charge in [0.05, 0.1) is 46.0 Å². The highest BCUT2D eigenvalue weighted by atomic mass is 35.5. The maximum atomic E-state index is 14.1. The van der Waals surface area contributed by atoms with Gasteiger partial charge in [0.2, 0.25) is 0 Å². The van der Waals surface area contributed by atoms with Crippen LogP contribution in [0.4, 0.5) is 5.69 Å². The highest BCUT2D eigenvalue weighted by Gasteiger charge is 2.35. The molecule has 0 amide bonds. The Labute approximate surface area is 264 Å². The molecule has 0 fully saturated rings. The molecule has 2 aromatic heterocycles. The van der Waals surface area contributed by atoms with Gasteiger partial charge >= 0.3 is 5.97 Å². The van der Waals surface area contributed by atoms with Crippen LogP contribution in [-0.4, -0.2) is 29.2 Å². The van der Waals surface area contributed by atoms with E-state index in [1.165, 1.54) is 22.8 Å². The van der Waals surface area contributed by atoms with Gasteiger partial charge in [-0.15, -0.1) is 0 Å². The van der Waals surface area contributed by atoms with Crippen molar-refractivity contribution in [2.45, 2.75) is 13.0 Å². The number of furan rings is 1. The van der Waals surface area contributed by atoms with Crippen LogP contribution in [0.5, 0.6) is 5.75 Å². The fourth-order valence-corrected chi connectivity index (χ4v) is 6.26. The Morgan fingerprint density at radius 2 is 1.87 bits per heavy atom. The number of nitrogens with zero attached hydrogens (tertiary/aromatic N) is 3. The number of hydrogen-bond acceptors (Lipinski definition) is 9. The number of esters is 1. The molecule has 45 heavy (non-hydrogen) atoms. The Hall–Kier alpha value is -5.26. The SMILES string of the molecule is CCOC(=O)C1=C(c2ccccc2)N=c2s/c(=C\c3ccc(-c4ccc(Cl)cc4[N+](=O)[O-])o3)c(=O)n2[C@H]1c1ccc(OC)cc1. The number of carbonyl (C=O) groups excluding carboxylic acids is 1. The molecule has 6 rings (SSSR count). The number of hydrogen-bond donors (Lipinski definition) is 0. The first-order valence-electron chi connectivity index (χ1n) is 13.8. The number of nitro benzene ring substituents is 1. The van der Waals surface area contributed by atoms with E-state index in [4.69, 9.17) is 30.5 Å². The third kappa shape index (κ3) is 5.70. The van der Waals surface area contributed by atoms with Gasteiger partial charge in [-0.25, -0.2) is 9.79 Å². The highest BCUT2D eigenvalue weighted by molar-refractivity contribution is 7.07. The summed E-state index contributed by atoms with van der Waals surface area (Å²) < 4.78 is 18.5. The molecular weight excluding hydrogens is 618 g/mol. The maximum absolute atomic E-state index is 14.1. The van der Waals surface area contributed by atoms with Crippen LogP contribution < -0.4 is 19.6 Å². The largest absolute Gasteiger partial charge is 0.497 e. The Balaban J connectivity index is 1.55. The molecule has 0 spiro atoms. The zero-order chi connectivity index (χ0) is 31.7. The van der Waals surface area contributed by atoms with Crippen LogP contribution in [0, 0.1) is 10.1 Å². The normalized spacial score (nSPS) is 14.6. The van der Waals surface area contributed by atoms with Crippen molar-refractivity contribution in [2.24, 2.45) is 4.99 Å². The van der Waals surface area contributed by atoms with Crippen LogP contribution in [0.1, 0.15) is 29.9 Å². The minimum atomic E-state index is -0.854. The molecule has 3 heterocycles. The fraction of sp³-hybridized carbons (Fsp3) is 0.121. The number of methoxy groups -OCH3 is 1. The second kappa shape index (κ2) is 12.4. The molecule has 10 nitrogen and oxygen atoms in total. The smallest absolute Gasteiger partial charge is 0.338 e. The van der Waals surface area contributed by atoms with E-state index in [1.54, 1.807) is 56.5 Å². The average Bonchev–Trinajstić information content (AvgIpc) is 3.64. The second-order valence-corrected chi connectivity index (χ2v) is 11.3. The lowest BCUT2D eigenvalue weighted by Gasteiger charge is -2.26. The summed E-state index contributed by atoms with van der Waals surface area (Å²) in [6.45, 7) is 1.85. The summed E-state index contributed by atoms with van der Waals surface area (Å²) >= 11 is 7.11. The number of benzene rings is 3. The van der Waals surface area contributed by atoms with Crippen molar-refractivity contribution in [3.05, 3.63) is 142 Å². The van der Waals surface area contributed by atoms with Crippen LogP contribution in [0.15, 0.2) is 105 Å². The summed E-state index contributed by atoms with van der Waals surface area (Å²) in [5.41, 5.74) is 1.62. The third-order valence-electron chi connectivity index (χ3n) is 7.13. The Morgan fingerprint density at radius 3 is 2.56 bits per heavy atom. The molecule has 0 saturated carbocycles. The van der Waals surface area contributed by atoms with Gasteiger partial charge in [0.25, 0.3) is 11.2 Å². The fourth-order valence-electron chi connectivity index (χ4n) is 5.11. The molecule has 0 N–H and O–H groups in total. The van der Waals surface area contributed by atoms with Gasteiger partial charge < -0.3 is 13.9 Å². The molecule has 1 atom stereocenters. The van der Waals surface area contributed by atoms with Crippen molar-refractivity contribution < 1.29 is 23.6 Å². The lowest BCUT2D eigenvalue weighted by atomic mass is 9.93. The van der Waals surface area contributed by atoms with Gasteiger partial charge in [-0.1, -0.05) is 65.4 Å². The minimum Gasteiger partial charge on any atom is -0.497 e. The molecule has 12 heteroatoms. The van der Waals surface area contributed by atoms with Crippen molar-refractivity contribution in [3.63, 3.8) is 0 Å². The van der Waals surface area contributed by atoms with E-state index in [0.717, 1.165) is 11.3 Å². The number of fused-ring (bicyclic) bond motifs is 1. The first-order valence-corrected chi connectivity index (χ1v) is 14.9. The molecule has 3 aromatic carbocycles. The van der Waals surface area contributed by atoms with E-state index in [2.05, 4.69) is 0 Å². The minimum absolute atomic E-state index is 0.136.